The third-order valence-corrected chi connectivity index (χ3v) is 3.53. The summed E-state index contributed by atoms with van der Waals surface area (Å²) in [6, 6.07) is 0. The SMILES string of the molecule is CC1CC1CNCCc1csc(N)n1. The molecule has 1 aromatic heterocycles. The Kier molecular flexibility index (Phi) is 3.03. The topological polar surface area (TPSA) is 50.9 Å². The van der Waals surface area contributed by atoms with E-state index >= 15 is 0 Å². The molecule has 0 amide bonds. The first-order valence-corrected chi connectivity index (χ1v) is 6.04. The van der Waals surface area contributed by atoms with E-state index in [1.165, 1.54) is 24.3 Å². The Morgan fingerprint density at radius 1 is 1.71 bits per heavy atom. The van der Waals surface area contributed by atoms with Crippen LogP contribution >= 0.6 is 11.3 Å². The van der Waals surface area contributed by atoms with E-state index in [2.05, 4.69) is 17.2 Å². The Bertz CT molecular complexity index is 297. The first-order valence-electron chi connectivity index (χ1n) is 5.16. The van der Waals surface area contributed by atoms with Crippen molar-refractivity contribution in [1.29, 1.82) is 0 Å². The fourth-order valence-corrected chi connectivity index (χ4v) is 2.22. The number of nitrogen functional groups attached to an aromatic ring is 1. The Morgan fingerprint density at radius 3 is 3.07 bits per heavy atom. The van der Waals surface area contributed by atoms with Crippen LogP contribution in [0.25, 0.3) is 0 Å². The average Bonchev–Trinajstić information content (AvgIpc) is 2.68. The van der Waals surface area contributed by atoms with E-state index < -0.39 is 0 Å². The molecular formula is C10H17N3S. The number of nitrogens with two attached hydrogens (primary N) is 1. The van der Waals surface area contributed by atoms with Gasteiger partial charge in [-0.2, -0.15) is 0 Å². The van der Waals surface area contributed by atoms with Crippen LogP contribution in [-0.4, -0.2) is 18.1 Å². The van der Waals surface area contributed by atoms with Gasteiger partial charge in [0.15, 0.2) is 5.13 Å². The Hall–Kier alpha value is -0.610. The van der Waals surface area contributed by atoms with E-state index in [1.807, 2.05) is 5.38 Å². The van der Waals surface area contributed by atoms with E-state index in [4.69, 9.17) is 5.73 Å². The fourth-order valence-electron chi connectivity index (χ4n) is 1.62. The van der Waals surface area contributed by atoms with E-state index in [1.54, 1.807) is 0 Å². The zero-order valence-electron chi connectivity index (χ0n) is 8.49. The third-order valence-electron chi connectivity index (χ3n) is 2.81. The largest absolute Gasteiger partial charge is 0.375 e. The summed E-state index contributed by atoms with van der Waals surface area (Å²) >= 11 is 1.52. The Labute approximate surface area is 88.7 Å². The molecule has 2 rings (SSSR count). The third kappa shape index (κ3) is 2.69. The monoisotopic (exact) mass is 211 g/mol. The number of aromatic nitrogens is 1. The van der Waals surface area contributed by atoms with Crippen LogP contribution in [0.4, 0.5) is 5.13 Å². The van der Waals surface area contributed by atoms with Gasteiger partial charge < -0.3 is 11.1 Å². The molecule has 14 heavy (non-hydrogen) atoms. The predicted octanol–water partition coefficient (Wildman–Crippen LogP) is 1.51. The predicted molar refractivity (Wildman–Crippen MR) is 60.4 cm³/mol. The summed E-state index contributed by atoms with van der Waals surface area (Å²) in [4.78, 5) is 4.21. The number of nitrogens with zero attached hydrogens (tertiary/aromatic N) is 1. The van der Waals surface area contributed by atoms with Crippen molar-refractivity contribution in [3.63, 3.8) is 0 Å². The lowest BCUT2D eigenvalue weighted by Crippen LogP contribution is -2.20. The number of hydrogen-bond acceptors (Lipinski definition) is 4. The van der Waals surface area contributed by atoms with Gasteiger partial charge in [-0.1, -0.05) is 6.92 Å². The Balaban J connectivity index is 1.59. The maximum Gasteiger partial charge on any atom is 0.180 e. The summed E-state index contributed by atoms with van der Waals surface area (Å²) in [7, 11) is 0. The van der Waals surface area contributed by atoms with Crippen LogP contribution in [0.15, 0.2) is 5.38 Å². The zero-order chi connectivity index (χ0) is 9.97. The van der Waals surface area contributed by atoms with Crippen molar-refractivity contribution >= 4 is 16.5 Å². The van der Waals surface area contributed by atoms with Gasteiger partial charge in [0.2, 0.25) is 0 Å². The first-order chi connectivity index (χ1) is 6.75. The van der Waals surface area contributed by atoms with Crippen LogP contribution in [0.3, 0.4) is 0 Å². The summed E-state index contributed by atoms with van der Waals surface area (Å²) < 4.78 is 0. The minimum atomic E-state index is 0.677. The Morgan fingerprint density at radius 2 is 2.50 bits per heavy atom. The van der Waals surface area contributed by atoms with Crippen LogP contribution in [0.1, 0.15) is 19.0 Å². The quantitative estimate of drug-likeness (QED) is 0.726. The summed E-state index contributed by atoms with van der Waals surface area (Å²) in [5.41, 5.74) is 6.66. The number of thiazole rings is 1. The molecule has 2 atom stereocenters. The lowest BCUT2D eigenvalue weighted by atomic mass is 10.3. The molecule has 0 bridgehead atoms. The molecule has 0 radical (unpaired) electrons. The number of hydrogen-bond donors (Lipinski definition) is 2. The lowest BCUT2D eigenvalue weighted by Gasteiger charge is -2.01. The molecule has 1 aliphatic carbocycles. The average molecular weight is 211 g/mol. The summed E-state index contributed by atoms with van der Waals surface area (Å²) in [6.07, 6.45) is 2.39. The van der Waals surface area contributed by atoms with Crippen molar-refractivity contribution in [2.24, 2.45) is 11.8 Å². The lowest BCUT2D eigenvalue weighted by molar-refractivity contribution is 0.610. The smallest absolute Gasteiger partial charge is 0.180 e. The van der Waals surface area contributed by atoms with Gasteiger partial charge >= 0.3 is 0 Å². The molecule has 3 N–H and O–H groups in total. The van der Waals surface area contributed by atoms with Crippen LogP contribution in [0.5, 0.6) is 0 Å². The highest BCUT2D eigenvalue weighted by Gasteiger charge is 2.31. The number of anilines is 1. The molecule has 3 nitrogen and oxygen atoms in total. The molecule has 0 spiro atoms. The highest BCUT2D eigenvalue weighted by molar-refractivity contribution is 7.13. The van der Waals surface area contributed by atoms with Gasteiger partial charge in [-0.25, -0.2) is 4.98 Å². The molecular weight excluding hydrogens is 194 g/mol. The summed E-state index contributed by atoms with van der Waals surface area (Å²) in [6.45, 7) is 4.50. The van der Waals surface area contributed by atoms with E-state index in [-0.39, 0.29) is 0 Å². The van der Waals surface area contributed by atoms with Crippen molar-refractivity contribution in [2.45, 2.75) is 19.8 Å². The number of nitrogens with one attached hydrogen (secondary N) is 1. The molecule has 1 aliphatic rings. The normalized spacial score (nSPS) is 25.2. The molecule has 1 heterocycles. The molecule has 78 valence electrons. The highest BCUT2D eigenvalue weighted by Crippen LogP contribution is 2.36. The van der Waals surface area contributed by atoms with Crippen molar-refractivity contribution in [3.8, 4) is 0 Å². The van der Waals surface area contributed by atoms with Crippen LogP contribution < -0.4 is 11.1 Å². The van der Waals surface area contributed by atoms with E-state index in [0.29, 0.717) is 5.13 Å². The van der Waals surface area contributed by atoms with E-state index in [9.17, 15) is 0 Å². The van der Waals surface area contributed by atoms with Crippen molar-refractivity contribution in [1.82, 2.24) is 10.3 Å². The number of rotatable bonds is 5. The highest BCUT2D eigenvalue weighted by atomic mass is 32.1. The van der Waals surface area contributed by atoms with Gasteiger partial charge in [-0.15, -0.1) is 11.3 Å². The molecule has 1 fully saturated rings. The molecule has 4 heteroatoms. The minimum absolute atomic E-state index is 0.677. The van der Waals surface area contributed by atoms with Crippen LogP contribution in [0, 0.1) is 11.8 Å². The van der Waals surface area contributed by atoms with Gasteiger partial charge in [0, 0.05) is 18.3 Å². The van der Waals surface area contributed by atoms with Crippen molar-refractivity contribution in [2.75, 3.05) is 18.8 Å². The molecule has 1 aromatic rings. The standard InChI is InChI=1S/C10H17N3S/c1-7-4-8(7)5-12-3-2-9-6-14-10(11)13-9/h6-8,12H,2-5H2,1H3,(H2,11,13). The van der Waals surface area contributed by atoms with Gasteiger partial charge in [0.1, 0.15) is 0 Å². The minimum Gasteiger partial charge on any atom is -0.375 e. The van der Waals surface area contributed by atoms with Gasteiger partial charge in [0.25, 0.3) is 0 Å². The second-order valence-electron chi connectivity index (χ2n) is 4.10. The van der Waals surface area contributed by atoms with Crippen molar-refractivity contribution < 1.29 is 0 Å². The zero-order valence-corrected chi connectivity index (χ0v) is 9.31. The van der Waals surface area contributed by atoms with Crippen molar-refractivity contribution in [3.05, 3.63) is 11.1 Å². The second kappa shape index (κ2) is 4.28. The molecule has 2 unspecified atom stereocenters. The van der Waals surface area contributed by atoms with E-state index in [0.717, 1.165) is 30.5 Å². The molecule has 1 saturated carbocycles. The summed E-state index contributed by atoms with van der Waals surface area (Å²) in [5.74, 6) is 1.87. The molecule has 0 saturated heterocycles. The maximum absolute atomic E-state index is 5.55. The van der Waals surface area contributed by atoms with Gasteiger partial charge in [-0.05, 0) is 24.8 Å². The van der Waals surface area contributed by atoms with Gasteiger partial charge in [0.05, 0.1) is 5.69 Å². The fraction of sp³-hybridized carbons (Fsp3) is 0.700. The van der Waals surface area contributed by atoms with Gasteiger partial charge in [-0.3, -0.25) is 0 Å². The molecule has 0 aromatic carbocycles. The second-order valence-corrected chi connectivity index (χ2v) is 4.99. The maximum atomic E-state index is 5.55. The van der Waals surface area contributed by atoms with Crippen LogP contribution in [0.2, 0.25) is 0 Å². The van der Waals surface area contributed by atoms with Crippen LogP contribution in [-0.2, 0) is 6.42 Å². The first kappa shape index (κ1) is 9.93. The summed E-state index contributed by atoms with van der Waals surface area (Å²) in [5, 5.41) is 6.17. The molecule has 0 aliphatic heterocycles.